The van der Waals surface area contributed by atoms with Crippen molar-refractivity contribution in [2.75, 3.05) is 11.6 Å². The lowest BCUT2D eigenvalue weighted by Gasteiger charge is -2.18. The van der Waals surface area contributed by atoms with E-state index in [0.29, 0.717) is 5.69 Å². The maximum atomic E-state index is 13.8. The van der Waals surface area contributed by atoms with Crippen molar-refractivity contribution in [3.8, 4) is 0 Å². The van der Waals surface area contributed by atoms with E-state index in [1.165, 1.54) is 31.0 Å². The molecule has 0 unspecified atom stereocenters. The minimum absolute atomic E-state index is 0.157. The second kappa shape index (κ2) is 5.90. The monoisotopic (exact) mass is 285 g/mol. The molecule has 1 aliphatic carbocycles. The van der Waals surface area contributed by atoms with Crippen molar-refractivity contribution >= 4 is 15.5 Å². The van der Waals surface area contributed by atoms with Crippen LogP contribution in [0.3, 0.4) is 0 Å². The number of nitrogens with one attached hydrogen (secondary N) is 1. The highest BCUT2D eigenvalue weighted by atomic mass is 32.2. The Labute approximate surface area is 114 Å². The van der Waals surface area contributed by atoms with Gasteiger partial charge in [0.05, 0.1) is 10.6 Å². The first-order chi connectivity index (χ1) is 8.97. The first kappa shape index (κ1) is 14.3. The topological polar surface area (TPSA) is 46.2 Å². The third-order valence-corrected chi connectivity index (χ3v) is 4.69. The molecule has 19 heavy (non-hydrogen) atoms. The smallest absolute Gasteiger partial charge is 0.175 e. The Morgan fingerprint density at radius 3 is 2.37 bits per heavy atom. The Hall–Kier alpha value is -1.10. The Morgan fingerprint density at radius 2 is 1.79 bits per heavy atom. The fourth-order valence-electron chi connectivity index (χ4n) is 2.49. The normalized spacial score (nSPS) is 18.0. The highest BCUT2D eigenvalue weighted by Gasteiger charge is 2.16. The van der Waals surface area contributed by atoms with Crippen LogP contribution in [0, 0.1) is 5.82 Å². The van der Waals surface area contributed by atoms with Crippen molar-refractivity contribution in [2.45, 2.75) is 49.5 Å². The second-order valence-corrected chi connectivity index (χ2v) is 7.26. The number of halogens is 1. The van der Waals surface area contributed by atoms with Crippen LogP contribution in [0.5, 0.6) is 0 Å². The van der Waals surface area contributed by atoms with Crippen LogP contribution in [0.25, 0.3) is 0 Å². The highest BCUT2D eigenvalue weighted by molar-refractivity contribution is 7.90. The first-order valence-electron chi connectivity index (χ1n) is 6.73. The van der Waals surface area contributed by atoms with Crippen molar-refractivity contribution in [2.24, 2.45) is 0 Å². The molecule has 0 aromatic heterocycles. The summed E-state index contributed by atoms with van der Waals surface area (Å²) in [5.41, 5.74) is 0.301. The number of rotatable bonds is 3. The molecule has 1 aromatic rings. The number of hydrogen-bond donors (Lipinski definition) is 1. The van der Waals surface area contributed by atoms with Gasteiger partial charge in [-0.1, -0.05) is 25.7 Å². The molecule has 106 valence electrons. The summed E-state index contributed by atoms with van der Waals surface area (Å²) in [6.07, 6.45) is 7.91. The first-order valence-corrected chi connectivity index (χ1v) is 8.62. The minimum atomic E-state index is -3.30. The number of hydrogen-bond acceptors (Lipinski definition) is 3. The maximum Gasteiger partial charge on any atom is 0.175 e. The lowest BCUT2D eigenvalue weighted by molar-refractivity contribution is 0.592. The zero-order valence-corrected chi connectivity index (χ0v) is 12.0. The predicted molar refractivity (Wildman–Crippen MR) is 74.6 cm³/mol. The molecule has 1 fully saturated rings. The Balaban J connectivity index is 2.19. The average Bonchev–Trinajstić information content (AvgIpc) is 2.59. The van der Waals surface area contributed by atoms with Gasteiger partial charge in [-0.15, -0.1) is 0 Å². The number of benzene rings is 1. The van der Waals surface area contributed by atoms with Gasteiger partial charge in [-0.2, -0.15) is 0 Å². The van der Waals surface area contributed by atoms with Crippen molar-refractivity contribution in [3.05, 3.63) is 24.0 Å². The molecular formula is C14H20FNO2S. The summed E-state index contributed by atoms with van der Waals surface area (Å²) in [7, 11) is -3.30. The van der Waals surface area contributed by atoms with E-state index < -0.39 is 15.7 Å². The van der Waals surface area contributed by atoms with E-state index in [0.717, 1.165) is 31.9 Å². The SMILES string of the molecule is CS(=O)(=O)c1ccc(F)c(NC2CCCCCC2)c1. The average molecular weight is 285 g/mol. The molecule has 0 spiro atoms. The van der Waals surface area contributed by atoms with Crippen LogP contribution in [-0.2, 0) is 9.84 Å². The van der Waals surface area contributed by atoms with E-state index >= 15 is 0 Å². The van der Waals surface area contributed by atoms with E-state index in [2.05, 4.69) is 5.32 Å². The van der Waals surface area contributed by atoms with Crippen molar-refractivity contribution in [1.29, 1.82) is 0 Å². The summed E-state index contributed by atoms with van der Waals surface area (Å²) in [5.74, 6) is -0.392. The molecule has 0 bridgehead atoms. The molecule has 0 radical (unpaired) electrons. The van der Waals surface area contributed by atoms with Gasteiger partial charge in [0.15, 0.2) is 9.84 Å². The van der Waals surface area contributed by atoms with Crippen LogP contribution < -0.4 is 5.32 Å². The summed E-state index contributed by atoms with van der Waals surface area (Å²) < 4.78 is 36.7. The largest absolute Gasteiger partial charge is 0.380 e. The Morgan fingerprint density at radius 1 is 1.16 bits per heavy atom. The Bertz CT molecular complexity index is 534. The molecule has 0 aliphatic heterocycles. The van der Waals surface area contributed by atoms with Crippen molar-refractivity contribution < 1.29 is 12.8 Å². The van der Waals surface area contributed by atoms with Crippen LogP contribution in [0.2, 0.25) is 0 Å². The van der Waals surface area contributed by atoms with Gasteiger partial charge in [0.1, 0.15) is 5.82 Å². The summed E-state index contributed by atoms with van der Waals surface area (Å²) in [4.78, 5) is 0.157. The molecule has 5 heteroatoms. The predicted octanol–water partition coefficient (Wildman–Crippen LogP) is 3.36. The summed E-state index contributed by atoms with van der Waals surface area (Å²) in [6.45, 7) is 0. The van der Waals surface area contributed by atoms with Gasteiger partial charge < -0.3 is 5.32 Å². The van der Waals surface area contributed by atoms with Gasteiger partial charge >= 0.3 is 0 Å². The number of anilines is 1. The van der Waals surface area contributed by atoms with Crippen molar-refractivity contribution in [3.63, 3.8) is 0 Å². The van der Waals surface area contributed by atoms with Gasteiger partial charge in [-0.05, 0) is 31.0 Å². The fourth-order valence-corrected chi connectivity index (χ4v) is 3.14. The molecule has 0 heterocycles. The molecule has 0 amide bonds. The van der Waals surface area contributed by atoms with E-state index in [1.54, 1.807) is 0 Å². The lowest BCUT2D eigenvalue weighted by atomic mass is 10.1. The lowest BCUT2D eigenvalue weighted by Crippen LogP contribution is -2.19. The molecule has 1 N–H and O–H groups in total. The second-order valence-electron chi connectivity index (χ2n) is 5.25. The zero-order chi connectivity index (χ0) is 13.9. The van der Waals surface area contributed by atoms with Gasteiger partial charge in [0.2, 0.25) is 0 Å². The molecule has 1 saturated carbocycles. The van der Waals surface area contributed by atoms with E-state index in [1.807, 2.05) is 0 Å². The molecule has 3 nitrogen and oxygen atoms in total. The molecule has 0 saturated heterocycles. The minimum Gasteiger partial charge on any atom is -0.380 e. The molecule has 1 aromatic carbocycles. The molecular weight excluding hydrogens is 265 g/mol. The van der Waals surface area contributed by atoms with Crippen LogP contribution in [0.4, 0.5) is 10.1 Å². The van der Waals surface area contributed by atoms with Gasteiger partial charge in [0.25, 0.3) is 0 Å². The zero-order valence-electron chi connectivity index (χ0n) is 11.2. The molecule has 1 aliphatic rings. The van der Waals surface area contributed by atoms with Crippen molar-refractivity contribution in [1.82, 2.24) is 0 Å². The molecule has 2 rings (SSSR count). The third-order valence-electron chi connectivity index (χ3n) is 3.58. The summed E-state index contributed by atoms with van der Waals surface area (Å²) in [5, 5.41) is 3.16. The van der Waals surface area contributed by atoms with Crippen LogP contribution >= 0.6 is 0 Å². The maximum absolute atomic E-state index is 13.8. The standard InChI is InChI=1S/C14H20FNO2S/c1-19(17,18)12-8-9-13(15)14(10-12)16-11-6-4-2-3-5-7-11/h8-11,16H,2-7H2,1H3. The summed E-state index contributed by atoms with van der Waals surface area (Å²) >= 11 is 0. The van der Waals surface area contributed by atoms with Gasteiger partial charge in [0, 0.05) is 12.3 Å². The molecule has 0 atom stereocenters. The third kappa shape index (κ3) is 3.93. The van der Waals surface area contributed by atoms with Gasteiger partial charge in [-0.3, -0.25) is 0 Å². The van der Waals surface area contributed by atoms with Crippen LogP contribution in [0.15, 0.2) is 23.1 Å². The van der Waals surface area contributed by atoms with Gasteiger partial charge in [-0.25, -0.2) is 12.8 Å². The van der Waals surface area contributed by atoms with Crippen LogP contribution in [0.1, 0.15) is 38.5 Å². The number of sulfone groups is 1. The highest BCUT2D eigenvalue weighted by Crippen LogP contribution is 2.24. The Kier molecular flexibility index (Phi) is 4.45. The van der Waals surface area contributed by atoms with E-state index in [4.69, 9.17) is 0 Å². The fraction of sp³-hybridized carbons (Fsp3) is 0.571. The van der Waals surface area contributed by atoms with E-state index in [9.17, 15) is 12.8 Å². The quantitative estimate of drug-likeness (QED) is 0.684. The van der Waals surface area contributed by atoms with E-state index in [-0.39, 0.29) is 10.9 Å². The van der Waals surface area contributed by atoms with Crippen LogP contribution in [-0.4, -0.2) is 20.7 Å². The summed E-state index contributed by atoms with van der Waals surface area (Å²) in [6, 6.07) is 4.17.